The Morgan fingerprint density at radius 1 is 1.12 bits per heavy atom. The number of carbonyl (C=O) groups is 4. The molecule has 3 amide bonds. The van der Waals surface area contributed by atoms with Crippen molar-refractivity contribution < 1.29 is 23.9 Å². The maximum atomic E-state index is 13.5. The van der Waals surface area contributed by atoms with Gasteiger partial charge in [0.15, 0.2) is 5.78 Å². The van der Waals surface area contributed by atoms with Gasteiger partial charge in [0.05, 0.1) is 29.4 Å². The number of imide groups is 1. The second-order valence-electron chi connectivity index (χ2n) is 10.4. The summed E-state index contributed by atoms with van der Waals surface area (Å²) >= 11 is 0. The van der Waals surface area contributed by atoms with Crippen molar-refractivity contribution in [3.63, 3.8) is 0 Å². The molecule has 2 bridgehead atoms. The third kappa shape index (κ3) is 4.20. The monoisotopic (exact) mass is 463 g/mol. The fourth-order valence-electron chi connectivity index (χ4n) is 6.45. The average Bonchev–Trinajstić information content (AvgIpc) is 3.61. The molecular formula is C26H29N3O5. The number of ether oxygens (including phenoxy) is 1. The van der Waals surface area contributed by atoms with Gasteiger partial charge >= 0.3 is 6.09 Å². The third-order valence-corrected chi connectivity index (χ3v) is 8.24. The largest absolute Gasteiger partial charge is 0.445 e. The molecule has 0 radical (unpaired) electrons. The van der Waals surface area contributed by atoms with Gasteiger partial charge in [-0.25, -0.2) is 4.79 Å². The molecule has 5 aliphatic rings. The number of nitriles is 1. The highest BCUT2D eigenvalue weighted by atomic mass is 16.5. The first-order chi connectivity index (χ1) is 16.4. The molecule has 1 heterocycles. The van der Waals surface area contributed by atoms with Crippen LogP contribution in [-0.4, -0.2) is 29.7 Å². The van der Waals surface area contributed by atoms with E-state index in [0.29, 0.717) is 25.2 Å². The Hall–Kier alpha value is -3.21. The topological polar surface area (TPSA) is 125 Å². The summed E-state index contributed by atoms with van der Waals surface area (Å²) in [6, 6.07) is 11.0. The minimum atomic E-state index is -0.986. The molecule has 1 aromatic carbocycles. The summed E-state index contributed by atoms with van der Waals surface area (Å²) in [6.45, 7) is 0.106. The van der Waals surface area contributed by atoms with Gasteiger partial charge in [0.2, 0.25) is 11.8 Å². The van der Waals surface area contributed by atoms with Crippen LogP contribution in [0, 0.1) is 46.3 Å². The molecule has 0 unspecified atom stereocenters. The van der Waals surface area contributed by atoms with Crippen LogP contribution in [0.2, 0.25) is 0 Å². The molecule has 4 saturated carbocycles. The Balaban J connectivity index is 1.28. The Morgan fingerprint density at radius 2 is 1.85 bits per heavy atom. The predicted octanol–water partition coefficient (Wildman–Crippen LogP) is 2.87. The first kappa shape index (κ1) is 22.6. The van der Waals surface area contributed by atoms with E-state index in [0.717, 1.165) is 24.8 Å². The van der Waals surface area contributed by atoms with E-state index in [9.17, 15) is 24.4 Å². The van der Waals surface area contributed by atoms with Crippen LogP contribution in [0.25, 0.3) is 0 Å². The summed E-state index contributed by atoms with van der Waals surface area (Å²) in [5.41, 5.74) is -0.135. The molecule has 1 aromatic rings. The van der Waals surface area contributed by atoms with Crippen LogP contribution in [-0.2, 0) is 25.7 Å². The van der Waals surface area contributed by atoms with Gasteiger partial charge < -0.3 is 10.1 Å². The summed E-state index contributed by atoms with van der Waals surface area (Å²) in [5, 5.41) is 15.4. The van der Waals surface area contributed by atoms with Crippen molar-refractivity contribution in [3.05, 3.63) is 35.9 Å². The zero-order chi connectivity index (χ0) is 23.9. The number of alkyl carbamates (subject to hydrolysis) is 1. The number of nitrogens with zero attached hydrogens (tertiary/aromatic N) is 1. The number of carbonyl (C=O) groups excluding carboxylic acids is 4. The van der Waals surface area contributed by atoms with E-state index >= 15 is 0 Å². The van der Waals surface area contributed by atoms with Crippen molar-refractivity contribution in [2.24, 2.45) is 35.0 Å². The quantitative estimate of drug-likeness (QED) is 0.571. The molecule has 8 nitrogen and oxygen atoms in total. The van der Waals surface area contributed by atoms with Gasteiger partial charge in [-0.3, -0.25) is 19.7 Å². The van der Waals surface area contributed by atoms with Gasteiger partial charge in [-0.05, 0) is 49.0 Å². The SMILES string of the molecule is N#C[C@]1(CC(=O)[C@H](CC2CC2)NC(=O)OCc2ccccc2)C[C@H]2CC[C@@H]1[C@H]1C(=O)NC(=O)[C@@H]21. The lowest BCUT2D eigenvalue weighted by atomic mass is 9.48. The predicted molar refractivity (Wildman–Crippen MR) is 120 cm³/mol. The van der Waals surface area contributed by atoms with Crippen LogP contribution in [0.1, 0.15) is 50.5 Å². The molecule has 1 aliphatic heterocycles. The second kappa shape index (κ2) is 8.86. The number of fused-ring (bicyclic) bond motifs is 2. The normalized spacial score (nSPS) is 32.3. The van der Waals surface area contributed by atoms with E-state index in [1.807, 2.05) is 30.3 Å². The zero-order valence-corrected chi connectivity index (χ0v) is 19.0. The number of ketones is 1. The summed E-state index contributed by atoms with van der Waals surface area (Å²) in [7, 11) is 0. The number of benzene rings is 1. The molecule has 0 spiro atoms. The lowest BCUT2D eigenvalue weighted by Gasteiger charge is -2.52. The van der Waals surface area contributed by atoms with Gasteiger partial charge in [-0.2, -0.15) is 5.26 Å². The van der Waals surface area contributed by atoms with E-state index in [-0.39, 0.29) is 48.4 Å². The van der Waals surface area contributed by atoms with Crippen LogP contribution in [0.5, 0.6) is 0 Å². The van der Waals surface area contributed by atoms with Gasteiger partial charge in [-0.1, -0.05) is 43.2 Å². The smallest absolute Gasteiger partial charge is 0.408 e. The molecule has 6 rings (SSSR count). The summed E-state index contributed by atoms with van der Waals surface area (Å²) in [4.78, 5) is 50.8. The van der Waals surface area contributed by atoms with Crippen molar-refractivity contribution in [1.82, 2.24) is 10.6 Å². The summed E-state index contributed by atoms with van der Waals surface area (Å²) in [6.07, 6.45) is 3.78. The van der Waals surface area contributed by atoms with E-state index in [2.05, 4.69) is 16.7 Å². The van der Waals surface area contributed by atoms with Crippen LogP contribution in [0.4, 0.5) is 4.79 Å². The van der Waals surface area contributed by atoms with Crippen LogP contribution in [0.3, 0.4) is 0 Å². The fraction of sp³-hybridized carbons (Fsp3) is 0.577. The number of hydrogen-bond donors (Lipinski definition) is 2. The Bertz CT molecular complexity index is 1050. The van der Waals surface area contributed by atoms with E-state index in [4.69, 9.17) is 4.74 Å². The Labute approximate surface area is 198 Å². The number of Topliss-reactive ketones (excluding diaryl/α,β-unsaturated/α-hetero) is 1. The second-order valence-corrected chi connectivity index (χ2v) is 10.4. The van der Waals surface area contributed by atoms with E-state index in [1.165, 1.54) is 0 Å². The molecule has 178 valence electrons. The van der Waals surface area contributed by atoms with Gasteiger partial charge in [0.25, 0.3) is 0 Å². The lowest BCUT2D eigenvalue weighted by molar-refractivity contribution is -0.140. The maximum absolute atomic E-state index is 13.5. The minimum Gasteiger partial charge on any atom is -0.445 e. The molecule has 34 heavy (non-hydrogen) atoms. The van der Waals surface area contributed by atoms with Crippen molar-refractivity contribution >= 4 is 23.7 Å². The van der Waals surface area contributed by atoms with Crippen molar-refractivity contribution in [2.75, 3.05) is 0 Å². The minimum absolute atomic E-state index is 0.0221. The van der Waals surface area contributed by atoms with Crippen molar-refractivity contribution in [1.29, 1.82) is 5.26 Å². The highest BCUT2D eigenvalue weighted by molar-refractivity contribution is 6.05. The van der Waals surface area contributed by atoms with Crippen LogP contribution in [0.15, 0.2) is 30.3 Å². The first-order valence-electron chi connectivity index (χ1n) is 12.2. The standard InChI is InChI=1S/C26H29N3O5/c27-14-26(11-17-8-9-18(26)22-21(17)23(31)29-24(22)32)12-20(30)19(10-15-6-7-15)28-25(33)34-13-16-4-2-1-3-5-16/h1-5,15,17-19,21-22H,6-13H2,(H,28,33)(H,29,31,32)/t17-,18-,19+,21+,22-,26-/m1/s1. The van der Waals surface area contributed by atoms with E-state index < -0.39 is 23.5 Å². The van der Waals surface area contributed by atoms with Crippen LogP contribution >= 0.6 is 0 Å². The van der Waals surface area contributed by atoms with E-state index in [1.54, 1.807) is 0 Å². The van der Waals surface area contributed by atoms with Crippen molar-refractivity contribution in [3.8, 4) is 6.07 Å². The van der Waals surface area contributed by atoms with Crippen LogP contribution < -0.4 is 10.6 Å². The molecule has 0 aromatic heterocycles. The molecule has 6 atom stereocenters. The molecule has 8 heteroatoms. The third-order valence-electron chi connectivity index (χ3n) is 8.24. The molecule has 2 N–H and O–H groups in total. The highest BCUT2D eigenvalue weighted by Crippen LogP contribution is 2.60. The molecule has 5 fully saturated rings. The Morgan fingerprint density at radius 3 is 2.56 bits per heavy atom. The Kier molecular flexibility index (Phi) is 5.88. The summed E-state index contributed by atoms with van der Waals surface area (Å²) < 4.78 is 5.33. The maximum Gasteiger partial charge on any atom is 0.408 e. The highest BCUT2D eigenvalue weighted by Gasteiger charge is 2.63. The molecular weight excluding hydrogens is 434 g/mol. The fourth-order valence-corrected chi connectivity index (χ4v) is 6.45. The lowest BCUT2D eigenvalue weighted by Crippen LogP contribution is -2.54. The van der Waals surface area contributed by atoms with Gasteiger partial charge in [0.1, 0.15) is 6.61 Å². The van der Waals surface area contributed by atoms with Gasteiger partial charge in [0, 0.05) is 6.42 Å². The molecule has 1 saturated heterocycles. The number of amides is 3. The average molecular weight is 464 g/mol. The number of hydrogen-bond acceptors (Lipinski definition) is 6. The summed E-state index contributed by atoms with van der Waals surface area (Å²) in [5.74, 6) is -1.67. The van der Waals surface area contributed by atoms with Crippen molar-refractivity contribution in [2.45, 2.75) is 57.6 Å². The van der Waals surface area contributed by atoms with Gasteiger partial charge in [-0.15, -0.1) is 0 Å². The number of rotatable bonds is 8. The first-order valence-corrected chi connectivity index (χ1v) is 12.2. The molecule has 4 aliphatic carbocycles. The number of nitrogens with one attached hydrogen (secondary N) is 2. The zero-order valence-electron chi connectivity index (χ0n) is 19.0.